The van der Waals surface area contributed by atoms with Gasteiger partial charge < -0.3 is 15.0 Å². The number of alkyl halides is 3. The molecule has 1 fully saturated rings. The van der Waals surface area contributed by atoms with E-state index in [0.29, 0.717) is 19.6 Å². The van der Waals surface area contributed by atoms with Crippen molar-refractivity contribution in [2.75, 3.05) is 32.7 Å². The number of hydrogen-bond donors (Lipinski definition) is 2. The topological polar surface area (TPSA) is 87.7 Å². The number of amides is 1. The lowest BCUT2D eigenvalue weighted by Gasteiger charge is -2.20. The normalized spacial score (nSPS) is 16.2. The number of nitrogens with zero attached hydrogens (tertiary/aromatic N) is 1. The van der Waals surface area contributed by atoms with E-state index in [1.807, 2.05) is 0 Å². The standard InChI is InChI=1S/C15H20F3N3O4S/c16-15(17,18)25-12-2-4-13(5-3-12)26(23,24)20-8-6-14(22)21-10-1-7-19-9-11-21/h2-5,19-20H,1,6-11H2. The second-order valence-corrected chi connectivity index (χ2v) is 7.42. The molecule has 0 radical (unpaired) electrons. The Bertz CT molecular complexity index is 700. The number of carbonyl (C=O) groups excluding carboxylic acids is 1. The van der Waals surface area contributed by atoms with Gasteiger partial charge in [-0.25, -0.2) is 13.1 Å². The Morgan fingerprint density at radius 1 is 1.19 bits per heavy atom. The van der Waals surface area contributed by atoms with Crippen LogP contribution < -0.4 is 14.8 Å². The molecule has 0 spiro atoms. The van der Waals surface area contributed by atoms with Crippen LogP contribution in [0.2, 0.25) is 0 Å². The second-order valence-electron chi connectivity index (χ2n) is 5.65. The number of benzene rings is 1. The third kappa shape index (κ3) is 6.46. The van der Waals surface area contributed by atoms with Gasteiger partial charge in [0.15, 0.2) is 0 Å². The molecule has 0 aliphatic carbocycles. The van der Waals surface area contributed by atoms with Crippen LogP contribution in [0, 0.1) is 0 Å². The van der Waals surface area contributed by atoms with Crippen LogP contribution in [0.15, 0.2) is 29.2 Å². The third-order valence-electron chi connectivity index (χ3n) is 3.69. The average molecular weight is 395 g/mol. The molecule has 1 aromatic carbocycles. The maximum atomic E-state index is 12.1. The number of halogens is 3. The zero-order valence-electron chi connectivity index (χ0n) is 13.9. The quantitative estimate of drug-likeness (QED) is 0.753. The molecule has 7 nitrogen and oxygen atoms in total. The van der Waals surface area contributed by atoms with E-state index in [-0.39, 0.29) is 23.8 Å². The highest BCUT2D eigenvalue weighted by Gasteiger charge is 2.31. The van der Waals surface area contributed by atoms with E-state index in [1.54, 1.807) is 4.90 Å². The van der Waals surface area contributed by atoms with E-state index < -0.39 is 22.1 Å². The van der Waals surface area contributed by atoms with Gasteiger partial charge in [-0.05, 0) is 37.2 Å². The summed E-state index contributed by atoms with van der Waals surface area (Å²) in [6, 6.07) is 3.84. The van der Waals surface area contributed by atoms with Gasteiger partial charge in [0.1, 0.15) is 5.75 Å². The number of hydrogen-bond acceptors (Lipinski definition) is 5. The molecular weight excluding hydrogens is 375 g/mol. The number of rotatable bonds is 6. The molecule has 0 unspecified atom stereocenters. The molecular formula is C15H20F3N3O4S. The Hall–Kier alpha value is -1.85. The van der Waals surface area contributed by atoms with Crippen LogP contribution in [0.4, 0.5) is 13.2 Å². The van der Waals surface area contributed by atoms with Crippen LogP contribution in [-0.2, 0) is 14.8 Å². The van der Waals surface area contributed by atoms with E-state index in [0.717, 1.165) is 37.2 Å². The van der Waals surface area contributed by atoms with Gasteiger partial charge in [0.05, 0.1) is 4.90 Å². The summed E-state index contributed by atoms with van der Waals surface area (Å²) in [6.07, 6.45) is -4.00. The molecule has 26 heavy (non-hydrogen) atoms. The molecule has 0 bridgehead atoms. The lowest BCUT2D eigenvalue weighted by atomic mass is 10.3. The molecule has 1 saturated heterocycles. The first kappa shape index (κ1) is 20.5. The van der Waals surface area contributed by atoms with Gasteiger partial charge in [0, 0.05) is 32.6 Å². The van der Waals surface area contributed by atoms with Crippen molar-refractivity contribution >= 4 is 15.9 Å². The van der Waals surface area contributed by atoms with Gasteiger partial charge in [-0.15, -0.1) is 13.2 Å². The maximum Gasteiger partial charge on any atom is 0.573 e. The molecule has 2 N–H and O–H groups in total. The van der Waals surface area contributed by atoms with Crippen molar-refractivity contribution in [1.29, 1.82) is 0 Å². The zero-order valence-corrected chi connectivity index (χ0v) is 14.7. The lowest BCUT2D eigenvalue weighted by Crippen LogP contribution is -2.36. The van der Waals surface area contributed by atoms with E-state index in [9.17, 15) is 26.4 Å². The van der Waals surface area contributed by atoms with Gasteiger partial charge in [0.2, 0.25) is 15.9 Å². The minimum Gasteiger partial charge on any atom is -0.406 e. The van der Waals surface area contributed by atoms with Crippen LogP contribution in [-0.4, -0.2) is 58.3 Å². The summed E-state index contributed by atoms with van der Waals surface area (Å²) in [5.74, 6) is -0.660. The molecule has 11 heteroatoms. The Kier molecular flexibility index (Phi) is 6.84. The van der Waals surface area contributed by atoms with Crippen molar-refractivity contribution < 1.29 is 31.1 Å². The van der Waals surface area contributed by atoms with Crippen molar-refractivity contribution in [3.63, 3.8) is 0 Å². The molecule has 1 amide bonds. The molecule has 146 valence electrons. The number of sulfonamides is 1. The molecule has 1 aromatic rings. The largest absolute Gasteiger partial charge is 0.573 e. The molecule has 0 atom stereocenters. The van der Waals surface area contributed by atoms with E-state index in [1.165, 1.54) is 0 Å². The molecule has 1 aliphatic heterocycles. The third-order valence-corrected chi connectivity index (χ3v) is 5.17. The van der Waals surface area contributed by atoms with Gasteiger partial charge in [-0.3, -0.25) is 4.79 Å². The second kappa shape index (κ2) is 8.69. The van der Waals surface area contributed by atoms with Crippen molar-refractivity contribution in [2.45, 2.75) is 24.1 Å². The highest BCUT2D eigenvalue weighted by Crippen LogP contribution is 2.23. The first-order valence-electron chi connectivity index (χ1n) is 8.01. The van der Waals surface area contributed by atoms with Gasteiger partial charge in [-0.1, -0.05) is 0 Å². The van der Waals surface area contributed by atoms with Crippen molar-refractivity contribution in [3.05, 3.63) is 24.3 Å². The van der Waals surface area contributed by atoms with Crippen LogP contribution in [0.5, 0.6) is 5.75 Å². The van der Waals surface area contributed by atoms with Crippen LogP contribution in [0.25, 0.3) is 0 Å². The van der Waals surface area contributed by atoms with Crippen molar-refractivity contribution in [3.8, 4) is 5.75 Å². The van der Waals surface area contributed by atoms with E-state index >= 15 is 0 Å². The molecule has 2 rings (SSSR count). The van der Waals surface area contributed by atoms with Gasteiger partial charge in [0.25, 0.3) is 0 Å². The Balaban J connectivity index is 1.87. The average Bonchev–Trinajstić information content (AvgIpc) is 2.83. The summed E-state index contributed by atoms with van der Waals surface area (Å²) in [4.78, 5) is 13.6. The van der Waals surface area contributed by atoms with E-state index in [4.69, 9.17) is 0 Å². The predicted octanol–water partition coefficient (Wildman–Crippen LogP) is 1.08. The Morgan fingerprint density at radius 2 is 1.88 bits per heavy atom. The number of nitrogens with one attached hydrogen (secondary N) is 2. The number of ether oxygens (including phenoxy) is 1. The smallest absolute Gasteiger partial charge is 0.406 e. The summed E-state index contributed by atoms with van der Waals surface area (Å²) in [7, 11) is -3.92. The monoisotopic (exact) mass is 395 g/mol. The summed E-state index contributed by atoms with van der Waals surface area (Å²) < 4.78 is 66.5. The molecule has 0 saturated carbocycles. The minimum absolute atomic E-state index is 0.00843. The van der Waals surface area contributed by atoms with Crippen LogP contribution in [0.1, 0.15) is 12.8 Å². The zero-order chi connectivity index (χ0) is 19.2. The summed E-state index contributed by atoms with van der Waals surface area (Å²) in [5, 5.41) is 3.17. The molecule has 1 heterocycles. The predicted molar refractivity (Wildman–Crippen MR) is 87.0 cm³/mol. The van der Waals surface area contributed by atoms with Gasteiger partial charge in [-0.2, -0.15) is 0 Å². The van der Waals surface area contributed by atoms with Crippen molar-refractivity contribution in [2.24, 2.45) is 0 Å². The fourth-order valence-electron chi connectivity index (χ4n) is 2.45. The lowest BCUT2D eigenvalue weighted by molar-refractivity contribution is -0.274. The SMILES string of the molecule is O=C(CCNS(=O)(=O)c1ccc(OC(F)(F)F)cc1)N1CCCNCC1. The first-order valence-corrected chi connectivity index (χ1v) is 9.50. The molecule has 1 aliphatic rings. The summed E-state index contributed by atoms with van der Waals surface area (Å²) in [5.41, 5.74) is 0. The summed E-state index contributed by atoms with van der Waals surface area (Å²) >= 11 is 0. The maximum absolute atomic E-state index is 12.1. The highest BCUT2D eigenvalue weighted by molar-refractivity contribution is 7.89. The minimum atomic E-state index is -4.85. The first-order chi connectivity index (χ1) is 12.2. The fourth-order valence-corrected chi connectivity index (χ4v) is 3.48. The van der Waals surface area contributed by atoms with Crippen molar-refractivity contribution in [1.82, 2.24) is 14.9 Å². The summed E-state index contributed by atoms with van der Waals surface area (Å²) in [6.45, 7) is 2.64. The highest BCUT2D eigenvalue weighted by atomic mass is 32.2. The fraction of sp³-hybridized carbons (Fsp3) is 0.533. The Labute approximate surface area is 149 Å². The molecule has 0 aromatic heterocycles. The van der Waals surface area contributed by atoms with E-state index in [2.05, 4.69) is 14.8 Å². The van der Waals surface area contributed by atoms with Crippen LogP contribution >= 0.6 is 0 Å². The van der Waals surface area contributed by atoms with Crippen LogP contribution in [0.3, 0.4) is 0 Å². The van der Waals surface area contributed by atoms with Gasteiger partial charge >= 0.3 is 6.36 Å². The number of carbonyl (C=O) groups is 1. The Morgan fingerprint density at radius 3 is 2.54 bits per heavy atom.